The third kappa shape index (κ3) is 4.87. The Labute approximate surface area is 101 Å². The van der Waals surface area contributed by atoms with Crippen molar-refractivity contribution in [1.82, 2.24) is 4.98 Å². The number of pyridine rings is 1. The van der Waals surface area contributed by atoms with Crippen molar-refractivity contribution in [3.63, 3.8) is 0 Å². The molecule has 1 heterocycles. The van der Waals surface area contributed by atoms with Crippen LogP contribution in [0.5, 0.6) is 0 Å². The van der Waals surface area contributed by atoms with Gasteiger partial charge in [0.2, 0.25) is 0 Å². The van der Waals surface area contributed by atoms with Gasteiger partial charge in [0.05, 0.1) is 23.7 Å². The van der Waals surface area contributed by atoms with Gasteiger partial charge in [-0.05, 0) is 0 Å². The van der Waals surface area contributed by atoms with Gasteiger partial charge < -0.3 is 15.8 Å². The number of nitrogens with one attached hydrogen (secondary N) is 1. The van der Waals surface area contributed by atoms with Crippen LogP contribution in [0, 0.1) is 10.1 Å². The van der Waals surface area contributed by atoms with Gasteiger partial charge in [0.25, 0.3) is 12.1 Å². The Morgan fingerprint density at radius 1 is 1.56 bits per heavy atom. The van der Waals surface area contributed by atoms with E-state index in [9.17, 15) is 18.9 Å². The molecular weight excluding hydrogens is 250 g/mol. The molecule has 0 saturated carbocycles. The zero-order valence-electron chi connectivity index (χ0n) is 9.31. The molecule has 1 aromatic rings. The molecule has 0 unspecified atom stereocenters. The number of rotatable bonds is 7. The summed E-state index contributed by atoms with van der Waals surface area (Å²) in [6, 6.07) is 2.32. The third-order valence-corrected chi connectivity index (χ3v) is 1.84. The van der Waals surface area contributed by atoms with E-state index in [1.807, 2.05) is 0 Å². The monoisotopic (exact) mass is 262 g/mol. The molecule has 18 heavy (non-hydrogen) atoms. The topological polar surface area (TPSA) is 103 Å². The minimum atomic E-state index is -2.52. The van der Waals surface area contributed by atoms with Gasteiger partial charge in [-0.3, -0.25) is 10.1 Å². The largest absolute Gasteiger partial charge is 0.383 e. The summed E-state index contributed by atoms with van der Waals surface area (Å²) in [4.78, 5) is 13.7. The van der Waals surface area contributed by atoms with Crippen LogP contribution in [0.3, 0.4) is 0 Å². The van der Waals surface area contributed by atoms with Gasteiger partial charge in [-0.2, -0.15) is 0 Å². The van der Waals surface area contributed by atoms with Crippen molar-refractivity contribution in [3.05, 3.63) is 22.2 Å². The lowest BCUT2D eigenvalue weighted by atomic mass is 10.3. The van der Waals surface area contributed by atoms with Crippen LogP contribution >= 0.6 is 0 Å². The maximum Gasteiger partial charge on any atom is 0.276 e. The molecule has 0 bridgehead atoms. The normalized spacial score (nSPS) is 10.6. The van der Waals surface area contributed by atoms with Crippen LogP contribution in [0.2, 0.25) is 0 Å². The van der Waals surface area contributed by atoms with E-state index in [4.69, 9.17) is 5.73 Å². The van der Waals surface area contributed by atoms with Gasteiger partial charge in [-0.15, -0.1) is 0 Å². The second-order valence-electron chi connectivity index (χ2n) is 3.29. The summed E-state index contributed by atoms with van der Waals surface area (Å²) in [6.07, 6.45) is -2.52. The first kappa shape index (κ1) is 14.0. The van der Waals surface area contributed by atoms with Gasteiger partial charge in [0, 0.05) is 6.54 Å². The Kier molecular flexibility index (Phi) is 5.18. The highest BCUT2D eigenvalue weighted by molar-refractivity contribution is 5.52. The number of alkyl halides is 2. The molecule has 100 valence electrons. The number of nitrogens with zero attached hydrogens (tertiary/aromatic N) is 2. The highest BCUT2D eigenvalue weighted by atomic mass is 19.3. The number of hydrogen-bond acceptors (Lipinski definition) is 6. The summed E-state index contributed by atoms with van der Waals surface area (Å²) >= 11 is 0. The van der Waals surface area contributed by atoms with Gasteiger partial charge in [0.15, 0.2) is 0 Å². The van der Waals surface area contributed by atoms with Crippen LogP contribution in [0.4, 0.5) is 26.1 Å². The van der Waals surface area contributed by atoms with Crippen molar-refractivity contribution in [2.45, 2.75) is 6.43 Å². The molecule has 1 rings (SSSR count). The number of hydrogen-bond donors (Lipinski definition) is 2. The molecule has 0 saturated heterocycles. The predicted molar refractivity (Wildman–Crippen MR) is 60.6 cm³/mol. The molecule has 0 spiro atoms. The zero-order chi connectivity index (χ0) is 13.5. The van der Waals surface area contributed by atoms with E-state index in [1.165, 1.54) is 6.07 Å². The van der Waals surface area contributed by atoms with E-state index < -0.39 is 18.0 Å². The molecule has 0 aromatic carbocycles. The second-order valence-corrected chi connectivity index (χ2v) is 3.29. The highest BCUT2D eigenvalue weighted by Gasteiger charge is 2.09. The lowest BCUT2D eigenvalue weighted by molar-refractivity contribution is -0.384. The standard InChI is InChI=1S/C9H12F2N4O3/c10-7(11)5-18-2-1-13-9-4-6(15(16)17)3-8(12)14-9/h3-4,7H,1-2,5H2,(H3,12,13,14). The first-order valence-electron chi connectivity index (χ1n) is 5.00. The van der Waals surface area contributed by atoms with E-state index in [-0.39, 0.29) is 30.5 Å². The van der Waals surface area contributed by atoms with E-state index in [0.717, 1.165) is 6.07 Å². The molecule has 0 amide bonds. The Morgan fingerprint density at radius 3 is 2.89 bits per heavy atom. The Morgan fingerprint density at radius 2 is 2.28 bits per heavy atom. The molecule has 0 aliphatic heterocycles. The predicted octanol–water partition coefficient (Wildman–Crippen LogP) is 1.27. The van der Waals surface area contributed by atoms with Gasteiger partial charge >= 0.3 is 0 Å². The smallest absolute Gasteiger partial charge is 0.276 e. The Hall–Kier alpha value is -2.03. The molecule has 0 fully saturated rings. The van der Waals surface area contributed by atoms with Crippen molar-refractivity contribution in [3.8, 4) is 0 Å². The first-order chi connectivity index (χ1) is 8.49. The van der Waals surface area contributed by atoms with Crippen molar-refractivity contribution < 1.29 is 18.4 Å². The molecule has 3 N–H and O–H groups in total. The fourth-order valence-corrected chi connectivity index (χ4v) is 1.16. The SMILES string of the molecule is Nc1cc([N+](=O)[O-])cc(NCCOCC(F)F)n1. The number of anilines is 2. The quantitative estimate of drug-likeness (QED) is 0.435. The Bertz CT molecular complexity index is 417. The average Bonchev–Trinajstić information content (AvgIpc) is 2.27. The highest BCUT2D eigenvalue weighted by Crippen LogP contribution is 2.18. The fraction of sp³-hybridized carbons (Fsp3) is 0.444. The fourth-order valence-electron chi connectivity index (χ4n) is 1.16. The van der Waals surface area contributed by atoms with Gasteiger partial charge in [-0.25, -0.2) is 13.8 Å². The molecular formula is C9H12F2N4O3. The van der Waals surface area contributed by atoms with Crippen molar-refractivity contribution >= 4 is 17.3 Å². The number of nitrogens with two attached hydrogens (primary N) is 1. The van der Waals surface area contributed by atoms with Crippen LogP contribution in [0.1, 0.15) is 0 Å². The van der Waals surface area contributed by atoms with Crippen LogP contribution in [-0.2, 0) is 4.74 Å². The maximum absolute atomic E-state index is 11.7. The average molecular weight is 262 g/mol. The van der Waals surface area contributed by atoms with E-state index in [2.05, 4.69) is 15.0 Å². The molecule has 7 nitrogen and oxygen atoms in total. The number of ether oxygens (including phenoxy) is 1. The third-order valence-electron chi connectivity index (χ3n) is 1.84. The molecule has 0 radical (unpaired) electrons. The lowest BCUT2D eigenvalue weighted by Gasteiger charge is -2.07. The molecule has 0 atom stereocenters. The molecule has 1 aromatic heterocycles. The molecule has 0 aliphatic carbocycles. The van der Waals surface area contributed by atoms with E-state index in [0.29, 0.717) is 0 Å². The Balaban J connectivity index is 2.44. The zero-order valence-corrected chi connectivity index (χ0v) is 9.31. The molecule has 9 heteroatoms. The van der Waals surface area contributed by atoms with Crippen molar-refractivity contribution in [2.75, 3.05) is 30.8 Å². The summed E-state index contributed by atoms with van der Waals surface area (Å²) in [5.74, 6) is 0.197. The number of halogens is 2. The van der Waals surface area contributed by atoms with Crippen molar-refractivity contribution in [1.29, 1.82) is 0 Å². The first-order valence-corrected chi connectivity index (χ1v) is 5.00. The van der Waals surface area contributed by atoms with Crippen LogP contribution in [-0.4, -0.2) is 36.1 Å². The minimum absolute atomic E-state index is 0.000184. The number of aromatic nitrogens is 1. The van der Waals surface area contributed by atoms with Crippen LogP contribution in [0.15, 0.2) is 12.1 Å². The minimum Gasteiger partial charge on any atom is -0.383 e. The van der Waals surface area contributed by atoms with Gasteiger partial charge in [-0.1, -0.05) is 0 Å². The lowest BCUT2D eigenvalue weighted by Crippen LogP contribution is -2.14. The van der Waals surface area contributed by atoms with Crippen LogP contribution in [0.25, 0.3) is 0 Å². The van der Waals surface area contributed by atoms with Gasteiger partial charge in [0.1, 0.15) is 18.2 Å². The summed E-state index contributed by atoms with van der Waals surface area (Å²) < 4.78 is 28.1. The number of nitrogen functional groups attached to an aromatic ring is 1. The summed E-state index contributed by atoms with van der Waals surface area (Å²) in [5, 5.41) is 13.2. The van der Waals surface area contributed by atoms with Crippen molar-refractivity contribution in [2.24, 2.45) is 0 Å². The summed E-state index contributed by atoms with van der Waals surface area (Å²) in [7, 11) is 0. The summed E-state index contributed by atoms with van der Waals surface area (Å²) in [5.41, 5.74) is 5.19. The second kappa shape index (κ2) is 6.64. The molecule has 0 aliphatic rings. The number of nitro groups is 1. The van der Waals surface area contributed by atoms with Crippen LogP contribution < -0.4 is 11.1 Å². The van der Waals surface area contributed by atoms with E-state index >= 15 is 0 Å². The summed E-state index contributed by atoms with van der Waals surface area (Å²) in [6.45, 7) is -0.416. The maximum atomic E-state index is 11.7. The van der Waals surface area contributed by atoms with E-state index in [1.54, 1.807) is 0 Å².